The first-order chi connectivity index (χ1) is 9.52. The Morgan fingerprint density at radius 2 is 2.25 bits per heavy atom. The molecule has 0 atom stereocenters. The minimum absolute atomic E-state index is 0.149. The molecule has 2 rings (SSSR count). The summed E-state index contributed by atoms with van der Waals surface area (Å²) in [5.74, 6) is 0.479. The van der Waals surface area contributed by atoms with Crippen LogP contribution in [0.4, 0.5) is 0 Å². The maximum absolute atomic E-state index is 12.3. The number of likely N-dealkylation sites (N-methyl/N-ethyl adjacent to an activating group) is 1. The lowest BCUT2D eigenvalue weighted by Crippen LogP contribution is -2.39. The van der Waals surface area contributed by atoms with E-state index in [4.69, 9.17) is 5.73 Å². The van der Waals surface area contributed by atoms with Gasteiger partial charge in [0, 0.05) is 19.2 Å². The largest absolute Gasteiger partial charge is 0.404 e. The van der Waals surface area contributed by atoms with Gasteiger partial charge >= 0.3 is 0 Å². The Hall–Kier alpha value is -2.30. The Kier molecular flexibility index (Phi) is 4.08. The number of aryl methyl sites for hydroxylation is 1. The first-order valence-corrected chi connectivity index (χ1v) is 6.59. The number of allylic oxidation sites excluding steroid dienone is 1. The van der Waals surface area contributed by atoms with Gasteiger partial charge in [0.2, 0.25) is 5.96 Å². The number of nitrogens with zero attached hydrogens (tertiary/aromatic N) is 2. The van der Waals surface area contributed by atoms with E-state index in [1.807, 2.05) is 44.0 Å². The average molecular weight is 272 g/mol. The molecular formula is C15H20N4O. The standard InChI is InChI=1S/C15H20N4O/c1-10-4-5-12(8-13(10)11(2)9-16)14(20)18-15-17-6-7-19(15)3/h4-5,8-9H,6-7,16H2,1-3H3,(H,17,18,20)/b11-9+. The molecule has 0 unspecified atom stereocenters. The number of aliphatic imine (C=N–C) groups is 1. The molecule has 1 amide bonds. The summed E-state index contributed by atoms with van der Waals surface area (Å²) in [6.45, 7) is 5.49. The number of amides is 1. The molecule has 0 radical (unpaired) electrons. The van der Waals surface area contributed by atoms with Crippen molar-refractivity contribution in [3.8, 4) is 0 Å². The zero-order valence-corrected chi connectivity index (χ0v) is 12.1. The number of benzene rings is 1. The van der Waals surface area contributed by atoms with Crippen molar-refractivity contribution in [2.75, 3.05) is 20.1 Å². The second-order valence-corrected chi connectivity index (χ2v) is 4.96. The Morgan fingerprint density at radius 3 is 2.85 bits per heavy atom. The van der Waals surface area contributed by atoms with Gasteiger partial charge in [-0.1, -0.05) is 6.07 Å². The van der Waals surface area contributed by atoms with E-state index in [-0.39, 0.29) is 5.91 Å². The van der Waals surface area contributed by atoms with E-state index in [9.17, 15) is 4.79 Å². The summed E-state index contributed by atoms with van der Waals surface area (Å²) in [4.78, 5) is 18.4. The fraction of sp³-hybridized carbons (Fsp3) is 0.333. The molecule has 5 nitrogen and oxygen atoms in total. The number of carbonyl (C=O) groups is 1. The van der Waals surface area contributed by atoms with Crippen LogP contribution in [0, 0.1) is 6.92 Å². The van der Waals surface area contributed by atoms with E-state index < -0.39 is 0 Å². The van der Waals surface area contributed by atoms with Crippen molar-refractivity contribution in [3.05, 3.63) is 41.1 Å². The predicted molar refractivity (Wildman–Crippen MR) is 81.4 cm³/mol. The van der Waals surface area contributed by atoms with Crippen LogP contribution in [0.1, 0.15) is 28.4 Å². The third kappa shape index (κ3) is 2.82. The molecule has 1 aromatic rings. The molecular weight excluding hydrogens is 252 g/mol. The van der Waals surface area contributed by atoms with Crippen molar-refractivity contribution in [1.82, 2.24) is 10.2 Å². The highest BCUT2D eigenvalue weighted by Crippen LogP contribution is 2.19. The Labute approximate surface area is 119 Å². The quantitative estimate of drug-likeness (QED) is 0.853. The second-order valence-electron chi connectivity index (χ2n) is 4.96. The summed E-state index contributed by atoms with van der Waals surface area (Å²) in [6, 6.07) is 5.60. The van der Waals surface area contributed by atoms with Crippen molar-refractivity contribution in [1.29, 1.82) is 0 Å². The summed E-state index contributed by atoms with van der Waals surface area (Å²) < 4.78 is 0. The van der Waals surface area contributed by atoms with Gasteiger partial charge < -0.3 is 10.6 Å². The summed E-state index contributed by atoms with van der Waals surface area (Å²) in [5.41, 5.74) is 9.20. The van der Waals surface area contributed by atoms with Crippen LogP contribution in [0.25, 0.3) is 5.57 Å². The highest BCUT2D eigenvalue weighted by Gasteiger charge is 2.16. The van der Waals surface area contributed by atoms with Crippen molar-refractivity contribution in [2.24, 2.45) is 10.7 Å². The fourth-order valence-electron chi connectivity index (χ4n) is 2.12. The normalized spacial score (nSPS) is 15.2. The van der Waals surface area contributed by atoms with Crippen LogP contribution in [0.5, 0.6) is 0 Å². The summed E-state index contributed by atoms with van der Waals surface area (Å²) in [6.07, 6.45) is 1.55. The van der Waals surface area contributed by atoms with Crippen LogP contribution >= 0.6 is 0 Å². The lowest BCUT2D eigenvalue weighted by atomic mass is 9.99. The van der Waals surface area contributed by atoms with Crippen LogP contribution in [0.2, 0.25) is 0 Å². The van der Waals surface area contributed by atoms with Gasteiger partial charge in [0.1, 0.15) is 0 Å². The van der Waals surface area contributed by atoms with Gasteiger partial charge in [0.05, 0.1) is 6.54 Å². The molecule has 106 valence electrons. The van der Waals surface area contributed by atoms with Crippen LogP contribution in [0.3, 0.4) is 0 Å². The van der Waals surface area contributed by atoms with Gasteiger partial charge in [-0.15, -0.1) is 0 Å². The minimum atomic E-state index is -0.149. The van der Waals surface area contributed by atoms with Gasteiger partial charge in [-0.2, -0.15) is 0 Å². The monoisotopic (exact) mass is 272 g/mol. The Morgan fingerprint density at radius 1 is 1.50 bits per heavy atom. The van der Waals surface area contributed by atoms with Gasteiger partial charge in [0.25, 0.3) is 5.91 Å². The lowest BCUT2D eigenvalue weighted by molar-refractivity contribution is 0.0973. The molecule has 0 spiro atoms. The molecule has 5 heteroatoms. The summed E-state index contributed by atoms with van der Waals surface area (Å²) in [7, 11) is 1.91. The predicted octanol–water partition coefficient (Wildman–Crippen LogP) is 1.35. The maximum Gasteiger partial charge on any atom is 0.257 e. The van der Waals surface area contributed by atoms with Gasteiger partial charge in [-0.25, -0.2) is 0 Å². The van der Waals surface area contributed by atoms with Crippen LogP contribution in [0.15, 0.2) is 29.4 Å². The molecule has 1 heterocycles. The molecule has 0 saturated carbocycles. The zero-order valence-electron chi connectivity index (χ0n) is 12.1. The van der Waals surface area contributed by atoms with Crippen LogP contribution in [-0.2, 0) is 0 Å². The van der Waals surface area contributed by atoms with E-state index in [0.29, 0.717) is 11.5 Å². The van der Waals surface area contributed by atoms with E-state index in [1.165, 1.54) is 0 Å². The molecule has 0 fully saturated rings. The highest BCUT2D eigenvalue weighted by atomic mass is 16.1. The molecule has 1 aliphatic heterocycles. The van der Waals surface area contributed by atoms with Crippen molar-refractivity contribution in [2.45, 2.75) is 13.8 Å². The van der Waals surface area contributed by atoms with Crippen molar-refractivity contribution >= 4 is 17.4 Å². The number of guanidine groups is 1. The first-order valence-electron chi connectivity index (χ1n) is 6.59. The minimum Gasteiger partial charge on any atom is -0.404 e. The number of hydrogen-bond donors (Lipinski definition) is 2. The Balaban J connectivity index is 2.22. The van der Waals surface area contributed by atoms with E-state index in [0.717, 1.165) is 29.8 Å². The van der Waals surface area contributed by atoms with Crippen LogP contribution in [-0.4, -0.2) is 36.9 Å². The average Bonchev–Trinajstić information content (AvgIpc) is 2.84. The summed E-state index contributed by atoms with van der Waals surface area (Å²) in [5, 5.41) is 2.83. The SMILES string of the molecule is C/C(=C\N)c1cc(C(=O)NC2=NCCN2C)ccc1C. The first kappa shape index (κ1) is 14.1. The van der Waals surface area contributed by atoms with Gasteiger partial charge in [-0.3, -0.25) is 15.1 Å². The molecule has 3 N–H and O–H groups in total. The van der Waals surface area contributed by atoms with E-state index >= 15 is 0 Å². The molecule has 0 saturated heterocycles. The smallest absolute Gasteiger partial charge is 0.257 e. The number of hydrogen-bond acceptors (Lipinski definition) is 4. The molecule has 1 aromatic carbocycles. The molecule has 1 aliphatic rings. The number of nitrogens with one attached hydrogen (secondary N) is 1. The molecule has 0 aliphatic carbocycles. The van der Waals surface area contributed by atoms with Gasteiger partial charge in [0.15, 0.2) is 0 Å². The lowest BCUT2D eigenvalue weighted by Gasteiger charge is -2.15. The Bertz CT molecular complexity index is 590. The third-order valence-corrected chi connectivity index (χ3v) is 3.46. The van der Waals surface area contributed by atoms with Crippen molar-refractivity contribution in [3.63, 3.8) is 0 Å². The van der Waals surface area contributed by atoms with Crippen molar-refractivity contribution < 1.29 is 4.79 Å². The highest BCUT2D eigenvalue weighted by molar-refractivity contribution is 6.06. The number of carbonyl (C=O) groups excluding carboxylic acids is 1. The third-order valence-electron chi connectivity index (χ3n) is 3.46. The fourth-order valence-corrected chi connectivity index (χ4v) is 2.12. The molecule has 0 bridgehead atoms. The summed E-state index contributed by atoms with van der Waals surface area (Å²) >= 11 is 0. The molecule has 0 aromatic heterocycles. The zero-order chi connectivity index (χ0) is 14.7. The van der Waals surface area contributed by atoms with E-state index in [2.05, 4.69) is 10.3 Å². The second kappa shape index (κ2) is 5.77. The maximum atomic E-state index is 12.3. The van der Waals surface area contributed by atoms with Crippen LogP contribution < -0.4 is 11.1 Å². The molecule has 20 heavy (non-hydrogen) atoms. The van der Waals surface area contributed by atoms with Gasteiger partial charge in [-0.05, 0) is 48.9 Å². The van der Waals surface area contributed by atoms with E-state index in [1.54, 1.807) is 6.20 Å². The number of nitrogens with two attached hydrogens (primary N) is 1. The topological polar surface area (TPSA) is 70.7 Å². The number of rotatable bonds is 2.